The van der Waals surface area contributed by atoms with E-state index in [0.717, 1.165) is 23.6 Å². The summed E-state index contributed by atoms with van der Waals surface area (Å²) in [5, 5.41) is 3.83. The zero-order valence-corrected chi connectivity index (χ0v) is 17.8. The Hall–Kier alpha value is -2.07. The van der Waals surface area contributed by atoms with E-state index in [2.05, 4.69) is 24.1 Å². The Morgan fingerprint density at radius 1 is 1.25 bits per heavy atom. The predicted molar refractivity (Wildman–Crippen MR) is 117 cm³/mol. The van der Waals surface area contributed by atoms with Crippen molar-refractivity contribution in [2.24, 2.45) is 5.92 Å². The molecule has 28 heavy (non-hydrogen) atoms. The number of pyridine rings is 1. The van der Waals surface area contributed by atoms with Gasteiger partial charge in [-0.25, -0.2) is 4.98 Å². The number of nitrogens with zero attached hydrogens (tertiary/aromatic N) is 2. The molecule has 1 saturated carbocycles. The van der Waals surface area contributed by atoms with E-state index in [1.54, 1.807) is 6.20 Å². The summed E-state index contributed by atoms with van der Waals surface area (Å²) in [6.07, 6.45) is 8.04. The zero-order valence-electron chi connectivity index (χ0n) is 17.0. The highest BCUT2D eigenvalue weighted by molar-refractivity contribution is 6.30. The molecule has 0 unspecified atom stereocenters. The number of carbonyl (C=O) groups excluding carboxylic acids is 1. The third-order valence-corrected chi connectivity index (χ3v) is 5.84. The van der Waals surface area contributed by atoms with Crippen LogP contribution in [0.1, 0.15) is 67.8 Å². The normalized spacial score (nSPS) is 14.9. The van der Waals surface area contributed by atoms with Crippen molar-refractivity contribution in [3.8, 4) is 0 Å². The number of carbonyl (C=O) groups is 1. The molecule has 1 N–H and O–H groups in total. The molecule has 0 aliphatic heterocycles. The maximum absolute atomic E-state index is 12.8. The van der Waals surface area contributed by atoms with Crippen LogP contribution in [0, 0.1) is 5.92 Å². The molecule has 0 bridgehead atoms. The Kier molecular flexibility index (Phi) is 6.95. The monoisotopic (exact) mass is 399 g/mol. The van der Waals surface area contributed by atoms with E-state index in [0.29, 0.717) is 16.5 Å². The van der Waals surface area contributed by atoms with Gasteiger partial charge in [0.15, 0.2) is 0 Å². The number of aromatic nitrogens is 1. The Morgan fingerprint density at radius 2 is 2.00 bits per heavy atom. The van der Waals surface area contributed by atoms with Crippen LogP contribution in [0.15, 0.2) is 36.5 Å². The summed E-state index contributed by atoms with van der Waals surface area (Å²) in [4.78, 5) is 19.4. The van der Waals surface area contributed by atoms with Gasteiger partial charge in [0.25, 0.3) is 5.91 Å². The molecule has 0 radical (unpaired) electrons. The summed E-state index contributed by atoms with van der Waals surface area (Å²) < 4.78 is 0. The number of anilines is 2. The Labute approximate surface area is 173 Å². The van der Waals surface area contributed by atoms with Crippen LogP contribution in [0.2, 0.25) is 5.02 Å². The molecule has 0 spiro atoms. The topological polar surface area (TPSA) is 45.2 Å². The highest BCUT2D eigenvalue weighted by atomic mass is 35.5. The van der Waals surface area contributed by atoms with Crippen LogP contribution in [0.4, 0.5) is 11.5 Å². The van der Waals surface area contributed by atoms with Crippen molar-refractivity contribution in [3.05, 3.63) is 52.7 Å². The van der Waals surface area contributed by atoms with Gasteiger partial charge in [-0.2, -0.15) is 0 Å². The lowest BCUT2D eigenvalue weighted by Crippen LogP contribution is -2.31. The van der Waals surface area contributed by atoms with E-state index in [-0.39, 0.29) is 11.8 Å². The largest absolute Gasteiger partial charge is 0.352 e. The van der Waals surface area contributed by atoms with Crippen LogP contribution >= 0.6 is 11.6 Å². The molecule has 1 aliphatic rings. The second-order valence-corrected chi connectivity index (χ2v) is 8.47. The average molecular weight is 400 g/mol. The number of hydrogen-bond acceptors (Lipinski definition) is 3. The van der Waals surface area contributed by atoms with Crippen molar-refractivity contribution in [2.45, 2.75) is 51.9 Å². The van der Waals surface area contributed by atoms with Gasteiger partial charge in [0.1, 0.15) is 5.82 Å². The quantitative estimate of drug-likeness (QED) is 0.654. The number of hydrogen-bond donors (Lipinski definition) is 1. The highest BCUT2D eigenvalue weighted by Gasteiger charge is 2.19. The molecular formula is C23H30ClN3O. The lowest BCUT2D eigenvalue weighted by molar-refractivity contribution is 0.0942. The Balaban J connectivity index is 1.77. The van der Waals surface area contributed by atoms with Gasteiger partial charge >= 0.3 is 0 Å². The highest BCUT2D eigenvalue weighted by Crippen LogP contribution is 2.29. The Morgan fingerprint density at radius 3 is 2.68 bits per heavy atom. The minimum Gasteiger partial charge on any atom is -0.352 e. The first-order chi connectivity index (χ1) is 13.5. The molecule has 1 aliphatic carbocycles. The molecule has 1 fully saturated rings. The van der Waals surface area contributed by atoms with Crippen LogP contribution in [0.5, 0.6) is 0 Å². The minimum atomic E-state index is -0.0151. The van der Waals surface area contributed by atoms with Gasteiger partial charge < -0.3 is 10.2 Å². The SMILES string of the molecule is CC(C)c1cc(N(C)c2cccc(Cl)c2)ncc1C(=O)NCC1CCCCC1. The average Bonchev–Trinajstić information content (AvgIpc) is 2.71. The standard InChI is InChI=1S/C23H30ClN3O/c1-16(2)20-13-22(27(3)19-11-7-10-18(24)12-19)25-15-21(20)23(28)26-14-17-8-5-4-6-9-17/h7,10-13,15-17H,4-6,8-9,14H2,1-3H3,(H,26,28). The molecule has 2 aromatic rings. The fourth-order valence-electron chi connectivity index (χ4n) is 3.85. The van der Waals surface area contributed by atoms with Gasteiger partial charge in [0, 0.05) is 30.5 Å². The molecule has 4 nitrogen and oxygen atoms in total. The third-order valence-electron chi connectivity index (χ3n) is 5.60. The number of halogens is 1. The molecule has 3 rings (SSSR count). The molecular weight excluding hydrogens is 370 g/mol. The first-order valence-electron chi connectivity index (χ1n) is 10.2. The van der Waals surface area contributed by atoms with E-state index in [1.807, 2.05) is 42.3 Å². The minimum absolute atomic E-state index is 0.0151. The predicted octanol–water partition coefficient (Wildman–Crippen LogP) is 5.94. The van der Waals surface area contributed by atoms with Crippen LogP contribution in [0.3, 0.4) is 0 Å². The van der Waals surface area contributed by atoms with Gasteiger partial charge in [-0.3, -0.25) is 4.79 Å². The fraction of sp³-hybridized carbons (Fsp3) is 0.478. The van der Waals surface area contributed by atoms with Gasteiger partial charge in [0.05, 0.1) is 5.56 Å². The maximum atomic E-state index is 12.8. The molecule has 0 saturated heterocycles. The third kappa shape index (κ3) is 5.05. The molecule has 1 aromatic heterocycles. The van der Waals surface area contributed by atoms with E-state index < -0.39 is 0 Å². The Bertz CT molecular complexity index is 815. The fourth-order valence-corrected chi connectivity index (χ4v) is 4.04. The van der Waals surface area contributed by atoms with Crippen molar-refractivity contribution in [1.82, 2.24) is 10.3 Å². The lowest BCUT2D eigenvalue weighted by Gasteiger charge is -2.23. The number of rotatable bonds is 6. The van der Waals surface area contributed by atoms with E-state index in [9.17, 15) is 4.79 Å². The molecule has 1 amide bonds. The van der Waals surface area contributed by atoms with E-state index in [4.69, 9.17) is 11.6 Å². The van der Waals surface area contributed by atoms with E-state index >= 15 is 0 Å². The van der Waals surface area contributed by atoms with Crippen LogP contribution in [-0.2, 0) is 0 Å². The molecule has 5 heteroatoms. The summed E-state index contributed by atoms with van der Waals surface area (Å²) in [5.41, 5.74) is 2.65. The summed E-state index contributed by atoms with van der Waals surface area (Å²) in [5.74, 6) is 1.62. The van der Waals surface area contributed by atoms with E-state index in [1.165, 1.54) is 32.1 Å². The van der Waals surface area contributed by atoms with Crippen LogP contribution in [-0.4, -0.2) is 24.5 Å². The summed E-state index contributed by atoms with van der Waals surface area (Å²) >= 11 is 6.12. The second kappa shape index (κ2) is 9.42. The van der Waals surface area contributed by atoms with Crippen molar-refractivity contribution < 1.29 is 4.79 Å². The summed E-state index contributed by atoms with van der Waals surface area (Å²) in [7, 11) is 1.96. The zero-order chi connectivity index (χ0) is 20.1. The molecule has 1 aromatic carbocycles. The van der Waals surface area contributed by atoms with Crippen molar-refractivity contribution in [1.29, 1.82) is 0 Å². The first kappa shape index (κ1) is 20.7. The van der Waals surface area contributed by atoms with Crippen molar-refractivity contribution in [2.75, 3.05) is 18.5 Å². The second-order valence-electron chi connectivity index (χ2n) is 8.04. The summed E-state index contributed by atoms with van der Waals surface area (Å²) in [6.45, 7) is 4.98. The van der Waals surface area contributed by atoms with Gasteiger partial charge in [0.2, 0.25) is 0 Å². The molecule has 0 atom stereocenters. The lowest BCUT2D eigenvalue weighted by atomic mass is 9.89. The summed E-state index contributed by atoms with van der Waals surface area (Å²) in [6, 6.07) is 9.69. The van der Waals surface area contributed by atoms with Crippen molar-refractivity contribution >= 4 is 29.0 Å². The number of benzene rings is 1. The van der Waals surface area contributed by atoms with Gasteiger partial charge in [-0.15, -0.1) is 0 Å². The number of nitrogens with one attached hydrogen (secondary N) is 1. The van der Waals surface area contributed by atoms with Crippen LogP contribution in [0.25, 0.3) is 0 Å². The molecule has 150 valence electrons. The maximum Gasteiger partial charge on any atom is 0.253 e. The van der Waals surface area contributed by atoms with Gasteiger partial charge in [-0.1, -0.05) is 50.8 Å². The van der Waals surface area contributed by atoms with Crippen molar-refractivity contribution in [3.63, 3.8) is 0 Å². The van der Waals surface area contributed by atoms with Crippen LogP contribution < -0.4 is 10.2 Å². The first-order valence-corrected chi connectivity index (χ1v) is 10.6. The smallest absolute Gasteiger partial charge is 0.253 e. The number of amides is 1. The van der Waals surface area contributed by atoms with Gasteiger partial charge in [-0.05, 0) is 54.5 Å². The molecule has 1 heterocycles.